The van der Waals surface area contributed by atoms with Gasteiger partial charge in [0.1, 0.15) is 5.69 Å². The number of hydrogen-bond donors (Lipinski definition) is 1. The van der Waals surface area contributed by atoms with E-state index in [4.69, 9.17) is 5.73 Å². The molecule has 0 bridgehead atoms. The highest BCUT2D eigenvalue weighted by Gasteiger charge is 2.29. The second-order valence-electron chi connectivity index (χ2n) is 4.25. The number of hydrogen-bond acceptors (Lipinski definition) is 3. The highest BCUT2D eigenvalue weighted by atomic mass is 16.2. The molecule has 1 fully saturated rings. The Morgan fingerprint density at radius 2 is 2.44 bits per heavy atom. The molecular weight excluding hydrogens is 204 g/mol. The lowest BCUT2D eigenvalue weighted by atomic mass is 9.91. The second-order valence-corrected chi connectivity index (χ2v) is 4.25. The van der Waals surface area contributed by atoms with Gasteiger partial charge in [-0.3, -0.25) is 9.48 Å². The van der Waals surface area contributed by atoms with Gasteiger partial charge >= 0.3 is 0 Å². The van der Waals surface area contributed by atoms with Crippen LogP contribution in [-0.2, 0) is 7.05 Å². The van der Waals surface area contributed by atoms with Crippen molar-refractivity contribution in [1.29, 1.82) is 0 Å². The maximum absolute atomic E-state index is 12.2. The molecule has 5 nitrogen and oxygen atoms in total. The first kappa shape index (κ1) is 11.1. The van der Waals surface area contributed by atoms with Crippen molar-refractivity contribution in [2.24, 2.45) is 12.8 Å². The quantitative estimate of drug-likeness (QED) is 0.800. The maximum Gasteiger partial charge on any atom is 0.274 e. The third-order valence-electron chi connectivity index (χ3n) is 3.08. The zero-order chi connectivity index (χ0) is 11.5. The predicted octanol–water partition coefficient (Wildman–Crippen LogP) is 0.373. The summed E-state index contributed by atoms with van der Waals surface area (Å²) in [5, 5.41) is 4.14. The summed E-state index contributed by atoms with van der Waals surface area (Å²) >= 11 is 0. The van der Waals surface area contributed by atoms with Crippen molar-refractivity contribution in [3.63, 3.8) is 0 Å². The van der Waals surface area contributed by atoms with E-state index >= 15 is 0 Å². The van der Waals surface area contributed by atoms with Crippen molar-refractivity contribution in [3.05, 3.63) is 18.0 Å². The molecule has 0 unspecified atom stereocenters. The van der Waals surface area contributed by atoms with Crippen LogP contribution in [0, 0.1) is 0 Å². The van der Waals surface area contributed by atoms with Gasteiger partial charge in [0, 0.05) is 32.4 Å². The average Bonchev–Trinajstić information content (AvgIpc) is 2.60. The van der Waals surface area contributed by atoms with Crippen LogP contribution in [0.2, 0.25) is 0 Å². The van der Waals surface area contributed by atoms with E-state index in [2.05, 4.69) is 5.10 Å². The largest absolute Gasteiger partial charge is 0.333 e. The fourth-order valence-corrected chi connectivity index (χ4v) is 1.96. The van der Waals surface area contributed by atoms with Crippen LogP contribution < -0.4 is 5.73 Å². The first-order chi connectivity index (χ1) is 7.72. The molecule has 0 aromatic carbocycles. The van der Waals surface area contributed by atoms with E-state index in [1.165, 1.54) is 6.42 Å². The Morgan fingerprint density at radius 1 is 1.69 bits per heavy atom. The zero-order valence-corrected chi connectivity index (χ0v) is 9.59. The van der Waals surface area contributed by atoms with Crippen LogP contribution in [0.25, 0.3) is 0 Å². The number of aromatic nitrogens is 2. The van der Waals surface area contributed by atoms with Gasteiger partial charge in [-0.05, 0) is 25.3 Å². The van der Waals surface area contributed by atoms with Crippen LogP contribution in [-0.4, -0.2) is 39.7 Å². The van der Waals surface area contributed by atoms with Crippen LogP contribution in [0.5, 0.6) is 0 Å². The van der Waals surface area contributed by atoms with E-state index < -0.39 is 0 Å². The van der Waals surface area contributed by atoms with E-state index in [9.17, 15) is 4.79 Å². The Kier molecular flexibility index (Phi) is 3.24. The normalized spacial score (nSPS) is 15.9. The summed E-state index contributed by atoms with van der Waals surface area (Å²) in [5.74, 6) is 0.00995. The van der Waals surface area contributed by atoms with E-state index in [-0.39, 0.29) is 5.91 Å². The maximum atomic E-state index is 12.2. The summed E-state index contributed by atoms with van der Waals surface area (Å²) in [6, 6.07) is 2.13. The van der Waals surface area contributed by atoms with Crippen molar-refractivity contribution >= 4 is 5.91 Å². The molecular formula is C11H18N4O. The number of amides is 1. The first-order valence-electron chi connectivity index (χ1n) is 5.73. The van der Waals surface area contributed by atoms with Crippen LogP contribution in [0.3, 0.4) is 0 Å². The molecule has 16 heavy (non-hydrogen) atoms. The minimum absolute atomic E-state index is 0.00995. The Morgan fingerprint density at radius 3 is 2.88 bits per heavy atom. The standard InChI is InChI=1S/C11H18N4O/c1-14-7-5-10(13-14)11(16)15(8-6-12)9-3-2-4-9/h5,7,9H,2-4,6,8,12H2,1H3. The van der Waals surface area contributed by atoms with Crippen molar-refractivity contribution < 1.29 is 4.79 Å². The fourth-order valence-electron chi connectivity index (χ4n) is 1.96. The predicted molar refractivity (Wildman–Crippen MR) is 60.9 cm³/mol. The van der Waals surface area contributed by atoms with Crippen molar-refractivity contribution in [2.75, 3.05) is 13.1 Å². The van der Waals surface area contributed by atoms with E-state index in [0.29, 0.717) is 24.8 Å². The van der Waals surface area contributed by atoms with Gasteiger partial charge in [0.05, 0.1) is 0 Å². The molecule has 1 saturated carbocycles. The molecule has 0 radical (unpaired) electrons. The Hall–Kier alpha value is -1.36. The Labute approximate surface area is 95.2 Å². The molecule has 1 heterocycles. The Bertz CT molecular complexity index is 370. The smallest absolute Gasteiger partial charge is 0.274 e. The van der Waals surface area contributed by atoms with Crippen molar-refractivity contribution in [1.82, 2.24) is 14.7 Å². The van der Waals surface area contributed by atoms with Gasteiger partial charge < -0.3 is 10.6 Å². The molecule has 0 aliphatic heterocycles. The number of nitrogens with two attached hydrogens (primary N) is 1. The molecule has 0 saturated heterocycles. The molecule has 2 rings (SSSR count). The van der Waals surface area contributed by atoms with Gasteiger partial charge in [0.2, 0.25) is 0 Å². The molecule has 88 valence electrons. The second kappa shape index (κ2) is 4.65. The highest BCUT2D eigenvalue weighted by Crippen LogP contribution is 2.25. The minimum Gasteiger partial charge on any atom is -0.333 e. The average molecular weight is 222 g/mol. The molecule has 1 aliphatic rings. The van der Waals surface area contributed by atoms with E-state index in [0.717, 1.165) is 12.8 Å². The molecule has 2 N–H and O–H groups in total. The van der Waals surface area contributed by atoms with Crippen molar-refractivity contribution in [2.45, 2.75) is 25.3 Å². The summed E-state index contributed by atoms with van der Waals surface area (Å²) in [6.07, 6.45) is 5.19. The molecule has 0 spiro atoms. The lowest BCUT2D eigenvalue weighted by Crippen LogP contribution is -2.46. The van der Waals surface area contributed by atoms with Crippen LogP contribution in [0.15, 0.2) is 12.3 Å². The molecule has 0 atom stereocenters. The zero-order valence-electron chi connectivity index (χ0n) is 9.59. The number of carbonyl (C=O) groups excluding carboxylic acids is 1. The monoisotopic (exact) mass is 222 g/mol. The Balaban J connectivity index is 2.09. The number of rotatable bonds is 4. The SMILES string of the molecule is Cn1ccc(C(=O)N(CCN)C2CCC2)n1. The van der Waals surface area contributed by atoms with Gasteiger partial charge in [0.25, 0.3) is 5.91 Å². The third kappa shape index (κ3) is 2.09. The topological polar surface area (TPSA) is 64.2 Å². The van der Waals surface area contributed by atoms with Gasteiger partial charge in [-0.25, -0.2) is 0 Å². The summed E-state index contributed by atoms with van der Waals surface area (Å²) in [7, 11) is 1.81. The molecule has 5 heteroatoms. The van der Waals surface area contributed by atoms with Gasteiger partial charge in [0.15, 0.2) is 0 Å². The molecule has 1 aromatic rings. The summed E-state index contributed by atoms with van der Waals surface area (Å²) < 4.78 is 1.65. The van der Waals surface area contributed by atoms with Gasteiger partial charge in [-0.1, -0.05) is 0 Å². The summed E-state index contributed by atoms with van der Waals surface area (Å²) in [5.41, 5.74) is 6.06. The minimum atomic E-state index is 0.00995. The van der Waals surface area contributed by atoms with E-state index in [1.807, 2.05) is 11.9 Å². The van der Waals surface area contributed by atoms with Crippen LogP contribution in [0.1, 0.15) is 29.8 Å². The molecule has 1 amide bonds. The van der Waals surface area contributed by atoms with Crippen molar-refractivity contribution in [3.8, 4) is 0 Å². The number of aryl methyl sites for hydroxylation is 1. The lowest BCUT2D eigenvalue weighted by molar-refractivity contribution is 0.0582. The third-order valence-corrected chi connectivity index (χ3v) is 3.08. The summed E-state index contributed by atoms with van der Waals surface area (Å²) in [6.45, 7) is 1.13. The van der Waals surface area contributed by atoms with Gasteiger partial charge in [-0.15, -0.1) is 0 Å². The van der Waals surface area contributed by atoms with Gasteiger partial charge in [-0.2, -0.15) is 5.10 Å². The number of nitrogens with zero attached hydrogens (tertiary/aromatic N) is 3. The fraction of sp³-hybridized carbons (Fsp3) is 0.636. The summed E-state index contributed by atoms with van der Waals surface area (Å²) in [4.78, 5) is 14.0. The van der Waals surface area contributed by atoms with Crippen LogP contribution >= 0.6 is 0 Å². The number of carbonyl (C=O) groups is 1. The van der Waals surface area contributed by atoms with E-state index in [1.54, 1.807) is 16.9 Å². The first-order valence-corrected chi connectivity index (χ1v) is 5.73. The molecule has 1 aliphatic carbocycles. The molecule has 1 aromatic heterocycles. The highest BCUT2D eigenvalue weighted by molar-refractivity contribution is 5.92. The van der Waals surface area contributed by atoms with Crippen LogP contribution in [0.4, 0.5) is 0 Å². The lowest BCUT2D eigenvalue weighted by Gasteiger charge is -2.37.